The van der Waals surface area contributed by atoms with Gasteiger partial charge < -0.3 is 4.90 Å². The summed E-state index contributed by atoms with van der Waals surface area (Å²) in [5.41, 5.74) is 5.11. The molecule has 9 heteroatoms. The molecule has 2 atom stereocenters. The van der Waals surface area contributed by atoms with E-state index in [1.807, 2.05) is 17.9 Å². The maximum absolute atomic E-state index is 14.0. The van der Waals surface area contributed by atoms with Gasteiger partial charge in [0.2, 0.25) is 0 Å². The van der Waals surface area contributed by atoms with Gasteiger partial charge in [-0.2, -0.15) is 5.10 Å². The van der Waals surface area contributed by atoms with E-state index in [-0.39, 0.29) is 23.6 Å². The number of fused-ring (bicyclic) bond motifs is 5. The Morgan fingerprint density at radius 2 is 1.83 bits per heavy atom. The molecule has 178 valence electrons. The van der Waals surface area contributed by atoms with Gasteiger partial charge in [0, 0.05) is 36.0 Å². The predicted molar refractivity (Wildman–Crippen MR) is 123 cm³/mol. The minimum absolute atomic E-state index is 0.0772. The summed E-state index contributed by atoms with van der Waals surface area (Å²) < 4.78 is 43.2. The van der Waals surface area contributed by atoms with Crippen LogP contribution < -0.4 is 0 Å². The number of halogens is 3. The zero-order valence-corrected chi connectivity index (χ0v) is 19.2. The molecule has 6 rings (SSSR count). The van der Waals surface area contributed by atoms with Crippen molar-refractivity contribution in [2.75, 3.05) is 0 Å². The quantitative estimate of drug-likeness (QED) is 0.379. The van der Waals surface area contributed by atoms with Crippen LogP contribution in [0.3, 0.4) is 0 Å². The molecule has 35 heavy (non-hydrogen) atoms. The number of carbonyl (C=O) groups excluding carboxylic acids is 1. The molecule has 4 aromatic rings. The average Bonchev–Trinajstić information content (AvgIpc) is 3.16. The molecule has 2 bridgehead atoms. The minimum atomic E-state index is -1.49. The zero-order chi connectivity index (χ0) is 24.4. The van der Waals surface area contributed by atoms with Gasteiger partial charge >= 0.3 is 0 Å². The molecular formula is C26H22F3N5O. The van der Waals surface area contributed by atoms with Crippen molar-refractivity contribution in [2.24, 2.45) is 7.05 Å². The van der Waals surface area contributed by atoms with Crippen LogP contribution in [-0.2, 0) is 13.5 Å². The molecule has 0 saturated carbocycles. The fourth-order valence-electron chi connectivity index (χ4n) is 5.59. The van der Waals surface area contributed by atoms with E-state index in [2.05, 4.69) is 15.1 Å². The van der Waals surface area contributed by atoms with Crippen molar-refractivity contribution in [3.05, 3.63) is 76.5 Å². The smallest absolute Gasteiger partial charge is 0.254 e. The summed E-state index contributed by atoms with van der Waals surface area (Å²) in [7, 11) is 1.70. The molecule has 1 saturated heterocycles. The maximum Gasteiger partial charge on any atom is 0.254 e. The molecular weight excluding hydrogens is 455 g/mol. The van der Waals surface area contributed by atoms with Gasteiger partial charge in [-0.3, -0.25) is 14.5 Å². The van der Waals surface area contributed by atoms with Crippen LogP contribution in [0.2, 0.25) is 0 Å². The fourth-order valence-corrected chi connectivity index (χ4v) is 5.59. The summed E-state index contributed by atoms with van der Waals surface area (Å²) in [5, 5.41) is 4.68. The fraction of sp³-hybridized carbons (Fsp3) is 0.308. The Balaban J connectivity index is 1.41. The van der Waals surface area contributed by atoms with Crippen molar-refractivity contribution in [3.63, 3.8) is 0 Å². The van der Waals surface area contributed by atoms with Crippen molar-refractivity contribution in [1.82, 2.24) is 24.6 Å². The van der Waals surface area contributed by atoms with Crippen LogP contribution in [0.4, 0.5) is 13.2 Å². The first-order valence-corrected chi connectivity index (χ1v) is 11.6. The molecule has 0 N–H and O–H groups in total. The Morgan fingerprint density at radius 3 is 2.60 bits per heavy atom. The molecule has 0 radical (unpaired) electrons. The van der Waals surface area contributed by atoms with Crippen LogP contribution >= 0.6 is 0 Å². The Bertz CT molecular complexity index is 1490. The monoisotopic (exact) mass is 477 g/mol. The first kappa shape index (κ1) is 21.8. The molecule has 2 aliphatic heterocycles. The summed E-state index contributed by atoms with van der Waals surface area (Å²) in [4.78, 5) is 24.5. The van der Waals surface area contributed by atoms with Crippen molar-refractivity contribution >= 4 is 16.9 Å². The van der Waals surface area contributed by atoms with E-state index in [0.29, 0.717) is 23.2 Å². The molecule has 0 aliphatic carbocycles. The lowest BCUT2D eigenvalue weighted by molar-refractivity contribution is 0.0392. The van der Waals surface area contributed by atoms with E-state index < -0.39 is 17.5 Å². The Labute approximate surface area is 199 Å². The molecule has 4 heterocycles. The number of aromatic nitrogens is 4. The summed E-state index contributed by atoms with van der Waals surface area (Å²) >= 11 is 0. The highest BCUT2D eigenvalue weighted by Crippen LogP contribution is 2.45. The van der Waals surface area contributed by atoms with Gasteiger partial charge in [0.1, 0.15) is 0 Å². The predicted octanol–water partition coefficient (Wildman–Crippen LogP) is 5.05. The van der Waals surface area contributed by atoms with E-state index in [1.165, 1.54) is 0 Å². The molecule has 1 fully saturated rings. The first-order chi connectivity index (χ1) is 16.8. The van der Waals surface area contributed by atoms with Crippen molar-refractivity contribution in [3.8, 4) is 11.3 Å². The van der Waals surface area contributed by atoms with E-state index in [1.54, 1.807) is 30.1 Å². The third-order valence-electron chi connectivity index (χ3n) is 7.08. The second-order valence-electron chi connectivity index (χ2n) is 9.32. The van der Waals surface area contributed by atoms with E-state index in [0.717, 1.165) is 53.9 Å². The summed E-state index contributed by atoms with van der Waals surface area (Å²) in [6, 6.07) is 7.03. The number of carbonyl (C=O) groups is 1. The van der Waals surface area contributed by atoms with Gasteiger partial charge in [-0.1, -0.05) is 0 Å². The van der Waals surface area contributed by atoms with Crippen LogP contribution in [0.1, 0.15) is 52.6 Å². The van der Waals surface area contributed by atoms with E-state index in [4.69, 9.17) is 0 Å². The van der Waals surface area contributed by atoms with Crippen LogP contribution in [-0.4, -0.2) is 36.6 Å². The molecule has 2 aromatic carbocycles. The minimum Gasteiger partial charge on any atom is -0.327 e. The number of hydrogen-bond acceptors (Lipinski definition) is 4. The van der Waals surface area contributed by atoms with Crippen molar-refractivity contribution in [2.45, 2.75) is 44.7 Å². The largest absolute Gasteiger partial charge is 0.327 e. The van der Waals surface area contributed by atoms with Gasteiger partial charge in [-0.15, -0.1) is 0 Å². The van der Waals surface area contributed by atoms with E-state index >= 15 is 0 Å². The summed E-state index contributed by atoms with van der Waals surface area (Å²) in [6.45, 7) is 1.87. The highest BCUT2D eigenvalue weighted by molar-refractivity contribution is 5.98. The lowest BCUT2D eigenvalue weighted by atomic mass is 9.81. The topological polar surface area (TPSA) is 63.9 Å². The second-order valence-corrected chi connectivity index (χ2v) is 9.32. The summed E-state index contributed by atoms with van der Waals surface area (Å²) in [6.07, 6.45) is 4.69. The lowest BCUT2D eigenvalue weighted by Gasteiger charge is -2.45. The van der Waals surface area contributed by atoms with Gasteiger partial charge in [-0.25, -0.2) is 18.2 Å². The zero-order valence-electron chi connectivity index (χ0n) is 19.2. The SMILES string of the molecule is Cc1cnc2cc(C(=O)N3C4CCCC3c3nn(C)c(-c5cc(F)c(F)c(F)c5)c3C4)ccc2n1. The van der Waals surface area contributed by atoms with Crippen molar-refractivity contribution < 1.29 is 18.0 Å². The van der Waals surface area contributed by atoms with Gasteiger partial charge in [-0.05, 0) is 62.9 Å². The van der Waals surface area contributed by atoms with Crippen LogP contribution in [0, 0.1) is 24.4 Å². The van der Waals surface area contributed by atoms with Crippen LogP contribution in [0.5, 0.6) is 0 Å². The van der Waals surface area contributed by atoms with Crippen LogP contribution in [0.15, 0.2) is 36.5 Å². The number of nitrogens with zero attached hydrogens (tertiary/aromatic N) is 5. The number of amides is 1. The van der Waals surface area contributed by atoms with Gasteiger partial charge in [0.25, 0.3) is 5.91 Å². The first-order valence-electron chi connectivity index (χ1n) is 11.6. The van der Waals surface area contributed by atoms with Gasteiger partial charge in [0.05, 0.1) is 34.2 Å². The Kier molecular flexibility index (Phi) is 4.91. The van der Waals surface area contributed by atoms with Gasteiger partial charge in [0.15, 0.2) is 17.5 Å². The number of benzene rings is 2. The lowest BCUT2D eigenvalue weighted by Crippen LogP contribution is -2.49. The standard InChI is InChI=1S/C26H22F3N5O/c1-13-12-30-21-10-14(6-7-20(21)31-13)26(35)34-16-4-3-5-22(34)24-17(11-16)25(33(2)32-24)15-8-18(27)23(29)19(28)9-15/h6-10,12,16,22H,3-5,11H2,1-2H3. The summed E-state index contributed by atoms with van der Waals surface area (Å²) in [5.74, 6) is -4.07. The molecule has 2 unspecified atom stereocenters. The van der Waals surface area contributed by atoms with Crippen LogP contribution in [0.25, 0.3) is 22.3 Å². The maximum atomic E-state index is 14.0. The number of rotatable bonds is 2. The average molecular weight is 477 g/mol. The third-order valence-corrected chi connectivity index (χ3v) is 7.08. The highest BCUT2D eigenvalue weighted by Gasteiger charge is 2.43. The molecule has 2 aliphatic rings. The Morgan fingerprint density at radius 1 is 1.06 bits per heavy atom. The van der Waals surface area contributed by atoms with E-state index in [9.17, 15) is 18.0 Å². The molecule has 2 aromatic heterocycles. The number of aryl methyl sites for hydroxylation is 2. The number of piperidine rings is 1. The Hall–Kier alpha value is -3.75. The number of hydrogen-bond donors (Lipinski definition) is 0. The highest BCUT2D eigenvalue weighted by atomic mass is 19.2. The normalized spacial score (nSPS) is 19.2. The molecule has 1 amide bonds. The second kappa shape index (κ2) is 7.90. The molecule has 0 spiro atoms. The van der Waals surface area contributed by atoms with Crippen molar-refractivity contribution in [1.29, 1.82) is 0 Å². The third kappa shape index (κ3) is 3.40. The molecule has 6 nitrogen and oxygen atoms in total.